The summed E-state index contributed by atoms with van der Waals surface area (Å²) in [7, 11) is 0. The van der Waals surface area contributed by atoms with Crippen molar-refractivity contribution in [1.82, 2.24) is 15.1 Å². The second kappa shape index (κ2) is 10.5. The van der Waals surface area contributed by atoms with Crippen LogP contribution in [-0.4, -0.2) is 58.5 Å². The number of nitrogens with zero attached hydrogens (tertiary/aromatic N) is 3. The largest absolute Gasteiger partial charge is 0.507 e. The van der Waals surface area contributed by atoms with Crippen molar-refractivity contribution >= 4 is 11.8 Å². The number of piperidine rings is 1. The third-order valence-corrected chi connectivity index (χ3v) is 5.74. The minimum absolute atomic E-state index is 0.153. The lowest BCUT2D eigenvalue weighted by Gasteiger charge is -2.33. The molecule has 0 radical (unpaired) electrons. The van der Waals surface area contributed by atoms with Gasteiger partial charge in [-0.15, -0.1) is 10.2 Å². The first-order valence-corrected chi connectivity index (χ1v) is 10.9. The number of benzene rings is 1. The zero-order valence-electron chi connectivity index (χ0n) is 18.6. The number of likely N-dealkylation sites (tertiary alicyclic amines) is 1. The normalized spacial score (nSPS) is 16.8. The number of phenols is 1. The molecule has 0 aliphatic carbocycles. The Labute approximate surface area is 183 Å². The van der Waals surface area contributed by atoms with Crippen LogP contribution in [0.5, 0.6) is 5.75 Å². The average molecular weight is 428 g/mol. The van der Waals surface area contributed by atoms with Crippen molar-refractivity contribution in [3.8, 4) is 17.0 Å². The van der Waals surface area contributed by atoms with Gasteiger partial charge < -0.3 is 25.8 Å². The van der Waals surface area contributed by atoms with Gasteiger partial charge in [0.25, 0.3) is 0 Å². The van der Waals surface area contributed by atoms with Gasteiger partial charge in [0.15, 0.2) is 5.82 Å². The molecular weight excluding hydrogens is 394 g/mol. The van der Waals surface area contributed by atoms with E-state index in [1.165, 1.54) is 0 Å². The van der Waals surface area contributed by atoms with Gasteiger partial charge in [0.05, 0.1) is 13.0 Å². The second-order valence-corrected chi connectivity index (χ2v) is 8.06. The Morgan fingerprint density at radius 1 is 1.35 bits per heavy atom. The first kappa shape index (κ1) is 23.0. The smallest absolute Gasteiger partial charge is 0.307 e. The number of anilines is 1. The molecule has 1 aliphatic heterocycles. The summed E-state index contributed by atoms with van der Waals surface area (Å²) in [6.45, 7) is 8.94. The van der Waals surface area contributed by atoms with Crippen molar-refractivity contribution in [2.24, 2.45) is 5.73 Å². The summed E-state index contributed by atoms with van der Waals surface area (Å²) >= 11 is 0. The molecule has 4 N–H and O–H groups in total. The third-order valence-electron chi connectivity index (χ3n) is 5.74. The first-order chi connectivity index (χ1) is 14.9. The summed E-state index contributed by atoms with van der Waals surface area (Å²) in [4.78, 5) is 13.9. The molecule has 1 saturated heterocycles. The third kappa shape index (κ3) is 5.71. The molecule has 8 nitrogen and oxygen atoms in total. The minimum Gasteiger partial charge on any atom is -0.507 e. The van der Waals surface area contributed by atoms with Crippen LogP contribution in [0.15, 0.2) is 18.2 Å². The van der Waals surface area contributed by atoms with Crippen molar-refractivity contribution in [1.29, 1.82) is 0 Å². The summed E-state index contributed by atoms with van der Waals surface area (Å²) < 4.78 is 5.03. The van der Waals surface area contributed by atoms with Crippen molar-refractivity contribution in [3.63, 3.8) is 0 Å². The molecule has 1 aromatic carbocycles. The number of aryl methyl sites for hydroxylation is 1. The number of aromatic hydroxyl groups is 1. The summed E-state index contributed by atoms with van der Waals surface area (Å²) in [6.07, 6.45) is 2.46. The fraction of sp³-hybridized carbons (Fsp3) is 0.522. The van der Waals surface area contributed by atoms with Gasteiger partial charge in [-0.2, -0.15) is 0 Å². The van der Waals surface area contributed by atoms with E-state index in [0.29, 0.717) is 43.2 Å². The van der Waals surface area contributed by atoms with Crippen molar-refractivity contribution in [2.75, 3.05) is 31.6 Å². The molecule has 1 aliphatic rings. The van der Waals surface area contributed by atoms with Crippen LogP contribution in [0.25, 0.3) is 11.3 Å². The highest BCUT2D eigenvalue weighted by Gasteiger charge is 2.23. The Morgan fingerprint density at radius 2 is 2.16 bits per heavy atom. The molecule has 0 bridgehead atoms. The van der Waals surface area contributed by atoms with E-state index < -0.39 is 0 Å². The van der Waals surface area contributed by atoms with Crippen LogP contribution in [0.1, 0.15) is 42.9 Å². The van der Waals surface area contributed by atoms with E-state index in [1.54, 1.807) is 6.07 Å². The van der Waals surface area contributed by atoms with E-state index in [2.05, 4.69) is 20.4 Å². The topological polar surface area (TPSA) is 114 Å². The summed E-state index contributed by atoms with van der Waals surface area (Å²) in [5.41, 5.74) is 10.2. The number of rotatable bonds is 8. The molecule has 0 saturated carbocycles. The van der Waals surface area contributed by atoms with Gasteiger partial charge in [-0.1, -0.05) is 6.07 Å². The Hall–Kier alpha value is -2.71. The van der Waals surface area contributed by atoms with Crippen LogP contribution in [0, 0.1) is 13.8 Å². The van der Waals surface area contributed by atoms with Crippen molar-refractivity contribution in [2.45, 2.75) is 52.6 Å². The minimum atomic E-state index is -0.153. The summed E-state index contributed by atoms with van der Waals surface area (Å²) in [6, 6.07) is 5.72. The maximum atomic E-state index is 11.7. The molecule has 0 spiro atoms. The zero-order valence-corrected chi connectivity index (χ0v) is 18.6. The lowest BCUT2D eigenvalue weighted by molar-refractivity contribution is -0.143. The van der Waals surface area contributed by atoms with Gasteiger partial charge in [-0.25, -0.2) is 0 Å². The van der Waals surface area contributed by atoms with Crippen LogP contribution in [0.4, 0.5) is 5.82 Å². The first-order valence-electron chi connectivity index (χ1n) is 10.9. The van der Waals surface area contributed by atoms with Crippen LogP contribution >= 0.6 is 0 Å². The van der Waals surface area contributed by atoms with Gasteiger partial charge >= 0.3 is 5.97 Å². The van der Waals surface area contributed by atoms with E-state index in [-0.39, 0.29) is 17.8 Å². The van der Waals surface area contributed by atoms with E-state index in [0.717, 1.165) is 42.6 Å². The van der Waals surface area contributed by atoms with Crippen LogP contribution < -0.4 is 11.1 Å². The number of nitrogens with one attached hydrogen (secondary N) is 1. The summed E-state index contributed by atoms with van der Waals surface area (Å²) in [5, 5.41) is 22.7. The van der Waals surface area contributed by atoms with Gasteiger partial charge in [0, 0.05) is 36.8 Å². The SMILES string of the molecule is CCOC(=O)CCN1CCC[C@@H](Nc2nnc(-c3ccc(C)cc3O)c(C)c2CN)C1. The fourth-order valence-electron chi connectivity index (χ4n) is 4.07. The Kier molecular flexibility index (Phi) is 7.81. The van der Waals surface area contributed by atoms with Crippen LogP contribution in [0.2, 0.25) is 0 Å². The fourth-order valence-corrected chi connectivity index (χ4v) is 4.07. The summed E-state index contributed by atoms with van der Waals surface area (Å²) in [5.74, 6) is 0.720. The molecule has 1 atom stereocenters. The number of hydrogen-bond donors (Lipinski definition) is 3. The molecule has 1 fully saturated rings. The van der Waals surface area contributed by atoms with Crippen LogP contribution in [0.3, 0.4) is 0 Å². The monoisotopic (exact) mass is 427 g/mol. The molecule has 3 rings (SSSR count). The number of ether oxygens (including phenoxy) is 1. The lowest BCUT2D eigenvalue weighted by Crippen LogP contribution is -2.43. The van der Waals surface area contributed by atoms with Gasteiger partial charge in [0.1, 0.15) is 11.4 Å². The number of nitrogens with two attached hydrogens (primary N) is 1. The molecule has 0 unspecified atom stereocenters. The molecule has 2 heterocycles. The molecular formula is C23H33N5O3. The average Bonchev–Trinajstić information content (AvgIpc) is 2.74. The van der Waals surface area contributed by atoms with Crippen LogP contribution in [-0.2, 0) is 16.1 Å². The van der Waals surface area contributed by atoms with Crippen molar-refractivity contribution in [3.05, 3.63) is 34.9 Å². The Balaban J connectivity index is 1.72. The highest BCUT2D eigenvalue weighted by atomic mass is 16.5. The number of aromatic nitrogens is 2. The number of carbonyl (C=O) groups excluding carboxylic acids is 1. The number of esters is 1. The molecule has 1 aromatic heterocycles. The maximum absolute atomic E-state index is 11.7. The zero-order chi connectivity index (χ0) is 22.4. The highest BCUT2D eigenvalue weighted by Crippen LogP contribution is 2.33. The lowest BCUT2D eigenvalue weighted by atomic mass is 10.00. The molecule has 0 amide bonds. The van der Waals surface area contributed by atoms with E-state index in [4.69, 9.17) is 10.5 Å². The van der Waals surface area contributed by atoms with Gasteiger partial charge in [0.2, 0.25) is 0 Å². The Bertz CT molecular complexity index is 918. The van der Waals surface area contributed by atoms with E-state index in [9.17, 15) is 9.90 Å². The number of phenolic OH excluding ortho intramolecular Hbond substituents is 1. The number of hydrogen-bond acceptors (Lipinski definition) is 8. The predicted octanol–water partition coefficient (Wildman–Crippen LogP) is 2.75. The molecule has 168 valence electrons. The quantitative estimate of drug-likeness (QED) is 0.551. The highest BCUT2D eigenvalue weighted by molar-refractivity contribution is 5.72. The standard InChI is InChI=1S/C23H33N5O3/c1-4-31-21(30)9-11-28-10-5-6-17(14-28)25-23-19(13-24)16(3)22(26-27-23)18-8-7-15(2)12-20(18)29/h7-8,12,17,29H,4-6,9-11,13-14,24H2,1-3H3,(H,25,27)/t17-/m1/s1. The molecule has 8 heteroatoms. The van der Waals surface area contributed by atoms with Gasteiger partial charge in [-0.3, -0.25) is 4.79 Å². The molecule has 31 heavy (non-hydrogen) atoms. The van der Waals surface area contributed by atoms with Crippen molar-refractivity contribution < 1.29 is 14.6 Å². The predicted molar refractivity (Wildman–Crippen MR) is 121 cm³/mol. The molecule has 2 aromatic rings. The van der Waals surface area contributed by atoms with E-state index in [1.807, 2.05) is 32.9 Å². The second-order valence-electron chi connectivity index (χ2n) is 8.06. The number of carbonyl (C=O) groups is 1. The van der Waals surface area contributed by atoms with Gasteiger partial charge in [-0.05, 0) is 63.4 Å². The maximum Gasteiger partial charge on any atom is 0.307 e. The van der Waals surface area contributed by atoms with E-state index >= 15 is 0 Å². The Morgan fingerprint density at radius 3 is 2.87 bits per heavy atom.